The van der Waals surface area contributed by atoms with Gasteiger partial charge in [0.05, 0.1) is 35.6 Å². The molecule has 1 aliphatic heterocycles. The number of hydrogen-bond donors (Lipinski definition) is 0. The largest absolute Gasteiger partial charge is 0.462 e. The van der Waals surface area contributed by atoms with Crippen molar-refractivity contribution in [3.05, 3.63) is 18.0 Å². The van der Waals surface area contributed by atoms with Crippen LogP contribution in [0.2, 0.25) is 0 Å². The summed E-state index contributed by atoms with van der Waals surface area (Å²) in [6.45, 7) is 10.4. The second-order valence-electron chi connectivity index (χ2n) is 6.11. The summed E-state index contributed by atoms with van der Waals surface area (Å²) in [6, 6.07) is 0.116. The minimum atomic E-state index is -0.329. The van der Waals surface area contributed by atoms with Gasteiger partial charge in [0.25, 0.3) is 0 Å². The Morgan fingerprint density at radius 2 is 2.21 bits per heavy atom. The molecular weight excluding hydrogens is 244 g/mol. The van der Waals surface area contributed by atoms with E-state index in [1.807, 2.05) is 4.68 Å². The lowest BCUT2D eigenvalue weighted by atomic mass is 9.95. The lowest BCUT2D eigenvalue weighted by Gasteiger charge is -2.27. The summed E-state index contributed by atoms with van der Waals surface area (Å²) < 4.78 is 12.8. The molecule has 2 heterocycles. The van der Waals surface area contributed by atoms with Crippen LogP contribution in [0.4, 0.5) is 0 Å². The maximum Gasteiger partial charge on any atom is 0.341 e. The summed E-state index contributed by atoms with van der Waals surface area (Å²) >= 11 is 0. The van der Waals surface area contributed by atoms with Crippen molar-refractivity contribution in [3.8, 4) is 0 Å². The molecule has 1 aliphatic rings. The van der Waals surface area contributed by atoms with Gasteiger partial charge in [-0.05, 0) is 34.6 Å². The molecule has 106 valence electrons. The van der Waals surface area contributed by atoms with Gasteiger partial charge in [0, 0.05) is 12.6 Å². The number of nitrogens with zero attached hydrogens (tertiary/aromatic N) is 2. The van der Waals surface area contributed by atoms with Gasteiger partial charge in [-0.3, -0.25) is 4.68 Å². The fraction of sp³-hybridized carbons (Fsp3) is 0.714. The van der Waals surface area contributed by atoms with E-state index in [1.165, 1.54) is 0 Å². The first kappa shape index (κ1) is 14.1. The van der Waals surface area contributed by atoms with Crippen molar-refractivity contribution in [1.29, 1.82) is 0 Å². The molecule has 1 aromatic rings. The third-order valence-electron chi connectivity index (χ3n) is 3.46. The second kappa shape index (κ2) is 4.63. The molecule has 19 heavy (non-hydrogen) atoms. The van der Waals surface area contributed by atoms with Crippen LogP contribution in [0.15, 0.2) is 12.4 Å². The average Bonchev–Trinajstić information content (AvgIpc) is 2.80. The lowest BCUT2D eigenvalue weighted by Crippen LogP contribution is -2.31. The van der Waals surface area contributed by atoms with E-state index in [4.69, 9.17) is 9.47 Å². The predicted octanol–water partition coefficient (Wildman–Crippen LogP) is 2.58. The normalized spacial score (nSPS) is 24.4. The van der Waals surface area contributed by atoms with Crippen LogP contribution < -0.4 is 0 Å². The van der Waals surface area contributed by atoms with Gasteiger partial charge in [-0.1, -0.05) is 0 Å². The zero-order valence-corrected chi connectivity index (χ0v) is 12.3. The van der Waals surface area contributed by atoms with Crippen LogP contribution in [0.3, 0.4) is 0 Å². The van der Waals surface area contributed by atoms with E-state index in [-0.39, 0.29) is 23.2 Å². The van der Waals surface area contributed by atoms with E-state index < -0.39 is 0 Å². The van der Waals surface area contributed by atoms with E-state index >= 15 is 0 Å². The minimum Gasteiger partial charge on any atom is -0.462 e. The first-order valence-corrected chi connectivity index (χ1v) is 6.66. The van der Waals surface area contributed by atoms with Crippen molar-refractivity contribution >= 4 is 5.97 Å². The van der Waals surface area contributed by atoms with Crippen LogP contribution in [0, 0.1) is 0 Å². The van der Waals surface area contributed by atoms with Gasteiger partial charge in [0.2, 0.25) is 0 Å². The number of aromatic nitrogens is 2. The summed E-state index contributed by atoms with van der Waals surface area (Å²) in [5, 5.41) is 4.30. The number of hydrogen-bond acceptors (Lipinski definition) is 4. The molecule has 1 atom stereocenters. The van der Waals surface area contributed by atoms with Gasteiger partial charge in [0.1, 0.15) is 0 Å². The highest BCUT2D eigenvalue weighted by molar-refractivity contribution is 5.88. The fourth-order valence-electron chi connectivity index (χ4n) is 2.77. The van der Waals surface area contributed by atoms with Crippen molar-refractivity contribution in [2.75, 3.05) is 6.61 Å². The molecule has 5 nitrogen and oxygen atoms in total. The maximum absolute atomic E-state index is 11.7. The van der Waals surface area contributed by atoms with Crippen LogP contribution in [-0.2, 0) is 9.47 Å². The smallest absolute Gasteiger partial charge is 0.341 e. The Morgan fingerprint density at radius 3 is 2.74 bits per heavy atom. The maximum atomic E-state index is 11.7. The van der Waals surface area contributed by atoms with Crippen molar-refractivity contribution in [1.82, 2.24) is 9.78 Å². The highest BCUT2D eigenvalue weighted by atomic mass is 16.5. The standard InChI is InChI=1S/C14H22N2O3/c1-6-18-12(17)10-8-15-16(9-10)11-7-13(2,3)19-14(11,4)5/h8-9,11H,6-7H2,1-5H3. The Kier molecular flexibility index (Phi) is 3.43. The van der Waals surface area contributed by atoms with Gasteiger partial charge in [-0.15, -0.1) is 0 Å². The molecule has 0 N–H and O–H groups in total. The van der Waals surface area contributed by atoms with E-state index in [0.717, 1.165) is 6.42 Å². The van der Waals surface area contributed by atoms with Crippen LogP contribution in [0.1, 0.15) is 57.4 Å². The van der Waals surface area contributed by atoms with Gasteiger partial charge < -0.3 is 9.47 Å². The summed E-state index contributed by atoms with van der Waals surface area (Å²) in [4.78, 5) is 11.7. The third-order valence-corrected chi connectivity index (χ3v) is 3.46. The average molecular weight is 266 g/mol. The van der Waals surface area contributed by atoms with E-state index in [2.05, 4.69) is 32.8 Å². The Hall–Kier alpha value is -1.36. The van der Waals surface area contributed by atoms with Crippen LogP contribution >= 0.6 is 0 Å². The Bertz CT molecular complexity index is 477. The molecule has 0 radical (unpaired) electrons. The lowest BCUT2D eigenvalue weighted by molar-refractivity contribution is -0.0737. The van der Waals surface area contributed by atoms with Crippen molar-refractivity contribution < 1.29 is 14.3 Å². The van der Waals surface area contributed by atoms with E-state index in [1.54, 1.807) is 19.3 Å². The van der Waals surface area contributed by atoms with Crippen LogP contribution in [-0.4, -0.2) is 33.6 Å². The number of ether oxygens (including phenoxy) is 2. The monoisotopic (exact) mass is 266 g/mol. The molecule has 0 saturated carbocycles. The molecule has 1 unspecified atom stereocenters. The highest BCUT2D eigenvalue weighted by Gasteiger charge is 2.47. The van der Waals surface area contributed by atoms with Gasteiger partial charge in [-0.2, -0.15) is 5.10 Å². The minimum absolute atomic E-state index is 0.116. The first-order chi connectivity index (χ1) is 8.75. The quantitative estimate of drug-likeness (QED) is 0.789. The fourth-order valence-corrected chi connectivity index (χ4v) is 2.77. The van der Waals surface area contributed by atoms with Crippen molar-refractivity contribution in [3.63, 3.8) is 0 Å². The van der Waals surface area contributed by atoms with Crippen LogP contribution in [0.25, 0.3) is 0 Å². The highest BCUT2D eigenvalue weighted by Crippen LogP contribution is 2.44. The Morgan fingerprint density at radius 1 is 1.53 bits per heavy atom. The molecule has 0 amide bonds. The first-order valence-electron chi connectivity index (χ1n) is 6.66. The number of carbonyl (C=O) groups excluding carboxylic acids is 1. The SMILES string of the molecule is CCOC(=O)c1cnn(C2CC(C)(C)OC2(C)C)c1. The summed E-state index contributed by atoms with van der Waals surface area (Å²) in [6.07, 6.45) is 4.17. The molecule has 2 rings (SSSR count). The molecule has 0 spiro atoms. The molecular formula is C14H22N2O3. The predicted molar refractivity (Wildman–Crippen MR) is 71.1 cm³/mol. The molecule has 1 aromatic heterocycles. The zero-order valence-electron chi connectivity index (χ0n) is 12.3. The Labute approximate surface area is 113 Å². The molecule has 0 aromatic carbocycles. The molecule has 1 saturated heterocycles. The van der Waals surface area contributed by atoms with Crippen LogP contribution in [0.5, 0.6) is 0 Å². The van der Waals surface area contributed by atoms with Gasteiger partial charge in [-0.25, -0.2) is 4.79 Å². The molecule has 0 bridgehead atoms. The summed E-state index contributed by atoms with van der Waals surface area (Å²) in [5.74, 6) is -0.329. The number of carbonyl (C=O) groups is 1. The number of esters is 1. The summed E-state index contributed by atoms with van der Waals surface area (Å²) in [5.41, 5.74) is 0.00780. The summed E-state index contributed by atoms with van der Waals surface area (Å²) in [7, 11) is 0. The molecule has 0 aliphatic carbocycles. The topological polar surface area (TPSA) is 53.3 Å². The zero-order chi connectivity index (χ0) is 14.3. The third kappa shape index (κ3) is 2.81. The van der Waals surface area contributed by atoms with Gasteiger partial charge in [0.15, 0.2) is 0 Å². The van der Waals surface area contributed by atoms with Crippen molar-refractivity contribution in [2.24, 2.45) is 0 Å². The van der Waals surface area contributed by atoms with Gasteiger partial charge >= 0.3 is 5.97 Å². The second-order valence-corrected chi connectivity index (χ2v) is 6.11. The van der Waals surface area contributed by atoms with E-state index in [0.29, 0.717) is 12.2 Å². The molecule has 5 heteroatoms. The number of rotatable bonds is 3. The van der Waals surface area contributed by atoms with E-state index in [9.17, 15) is 4.79 Å². The molecule has 1 fully saturated rings. The Balaban J connectivity index is 2.21. The van der Waals surface area contributed by atoms with Crippen molar-refractivity contribution in [2.45, 2.75) is 58.3 Å².